The molecular formula is C12H15BrN2O2. The molecule has 0 heterocycles. The summed E-state index contributed by atoms with van der Waals surface area (Å²) < 4.78 is 0.492. The molecule has 0 bridgehead atoms. The summed E-state index contributed by atoms with van der Waals surface area (Å²) >= 11 is 3.16. The average Bonchev–Trinajstić information content (AvgIpc) is 2.28. The van der Waals surface area contributed by atoms with E-state index in [1.54, 1.807) is 6.07 Å². The molecule has 0 saturated carbocycles. The van der Waals surface area contributed by atoms with Crippen LogP contribution in [0.1, 0.15) is 19.8 Å². The normalized spacial score (nSPS) is 11.9. The van der Waals surface area contributed by atoms with Crippen molar-refractivity contribution < 1.29 is 4.92 Å². The van der Waals surface area contributed by atoms with Crippen LogP contribution in [0.15, 0.2) is 35.3 Å². The Morgan fingerprint density at radius 2 is 2.35 bits per heavy atom. The van der Waals surface area contributed by atoms with Crippen molar-refractivity contribution in [3.8, 4) is 0 Å². The van der Waals surface area contributed by atoms with Crippen molar-refractivity contribution in [2.75, 3.05) is 5.32 Å². The van der Waals surface area contributed by atoms with Gasteiger partial charge in [0.2, 0.25) is 0 Å². The second kappa shape index (κ2) is 6.39. The Morgan fingerprint density at radius 1 is 1.65 bits per heavy atom. The number of hydrogen-bond donors (Lipinski definition) is 1. The summed E-state index contributed by atoms with van der Waals surface area (Å²) in [5.41, 5.74) is 0.836. The number of nitrogens with zero attached hydrogens (tertiary/aromatic N) is 1. The highest BCUT2D eigenvalue weighted by Crippen LogP contribution is 2.28. The number of halogens is 1. The van der Waals surface area contributed by atoms with Gasteiger partial charge in [0.05, 0.1) is 9.40 Å². The van der Waals surface area contributed by atoms with E-state index in [9.17, 15) is 10.1 Å². The quantitative estimate of drug-likeness (QED) is 0.488. The molecule has 0 amide bonds. The van der Waals surface area contributed by atoms with Crippen LogP contribution in [0.3, 0.4) is 0 Å². The largest absolute Gasteiger partial charge is 0.382 e. The van der Waals surface area contributed by atoms with Crippen LogP contribution in [0, 0.1) is 10.1 Å². The highest BCUT2D eigenvalue weighted by atomic mass is 79.9. The molecule has 0 aliphatic carbocycles. The third-order valence-electron chi connectivity index (χ3n) is 2.36. The van der Waals surface area contributed by atoms with Gasteiger partial charge in [-0.2, -0.15) is 0 Å². The molecule has 1 unspecified atom stereocenters. The standard InChI is InChI=1S/C12H15BrN2O2/c1-3-4-5-9(2)14-10-6-7-11(13)12(8-10)15(16)17/h3,6-9,14H,1,4-5H2,2H3. The van der Waals surface area contributed by atoms with Crippen molar-refractivity contribution >= 4 is 27.3 Å². The van der Waals surface area contributed by atoms with Crippen molar-refractivity contribution in [1.29, 1.82) is 0 Å². The van der Waals surface area contributed by atoms with Gasteiger partial charge >= 0.3 is 0 Å². The van der Waals surface area contributed by atoms with Gasteiger partial charge in [-0.25, -0.2) is 0 Å². The van der Waals surface area contributed by atoms with Crippen LogP contribution in [0.4, 0.5) is 11.4 Å². The van der Waals surface area contributed by atoms with Crippen LogP contribution < -0.4 is 5.32 Å². The van der Waals surface area contributed by atoms with Crippen LogP contribution in [0.25, 0.3) is 0 Å². The van der Waals surface area contributed by atoms with Crippen molar-refractivity contribution in [3.05, 3.63) is 45.4 Å². The summed E-state index contributed by atoms with van der Waals surface area (Å²) in [6.45, 7) is 5.70. The molecule has 1 aromatic carbocycles. The summed E-state index contributed by atoms with van der Waals surface area (Å²) in [7, 11) is 0. The minimum atomic E-state index is -0.399. The Labute approximate surface area is 109 Å². The average molecular weight is 299 g/mol. The van der Waals surface area contributed by atoms with Gasteiger partial charge in [-0.05, 0) is 47.8 Å². The topological polar surface area (TPSA) is 55.2 Å². The Balaban J connectivity index is 2.75. The fourth-order valence-corrected chi connectivity index (χ4v) is 1.86. The zero-order valence-electron chi connectivity index (χ0n) is 9.65. The molecule has 1 atom stereocenters. The first-order valence-corrected chi connectivity index (χ1v) is 6.15. The van der Waals surface area contributed by atoms with Gasteiger partial charge in [0.1, 0.15) is 0 Å². The van der Waals surface area contributed by atoms with Gasteiger partial charge in [-0.15, -0.1) is 6.58 Å². The summed E-state index contributed by atoms with van der Waals surface area (Å²) in [6.07, 6.45) is 3.74. The van der Waals surface area contributed by atoms with Gasteiger partial charge in [-0.1, -0.05) is 6.08 Å². The molecule has 0 aliphatic rings. The molecule has 5 heteroatoms. The first-order valence-electron chi connectivity index (χ1n) is 5.36. The van der Waals surface area contributed by atoms with Crippen LogP contribution in [0.5, 0.6) is 0 Å². The van der Waals surface area contributed by atoms with Crippen LogP contribution >= 0.6 is 15.9 Å². The SMILES string of the molecule is C=CCCC(C)Nc1ccc(Br)c([N+](=O)[O-])c1. The molecule has 0 aromatic heterocycles. The number of nitrogens with one attached hydrogen (secondary N) is 1. The molecule has 0 radical (unpaired) electrons. The Kier molecular flexibility index (Phi) is 5.15. The summed E-state index contributed by atoms with van der Waals surface area (Å²) in [5.74, 6) is 0. The van der Waals surface area contributed by atoms with Crippen molar-refractivity contribution in [2.45, 2.75) is 25.8 Å². The molecule has 1 rings (SSSR count). The monoisotopic (exact) mass is 298 g/mol. The lowest BCUT2D eigenvalue weighted by Gasteiger charge is -2.14. The van der Waals surface area contributed by atoms with Crippen LogP contribution in [-0.4, -0.2) is 11.0 Å². The van der Waals surface area contributed by atoms with E-state index < -0.39 is 4.92 Å². The summed E-state index contributed by atoms with van der Waals surface area (Å²) in [4.78, 5) is 10.4. The molecule has 0 saturated heterocycles. The van der Waals surface area contributed by atoms with E-state index in [-0.39, 0.29) is 11.7 Å². The maximum atomic E-state index is 10.8. The first-order chi connectivity index (χ1) is 8.04. The van der Waals surface area contributed by atoms with Crippen LogP contribution in [0.2, 0.25) is 0 Å². The lowest BCUT2D eigenvalue weighted by atomic mass is 10.1. The van der Waals surface area contributed by atoms with Crippen molar-refractivity contribution in [3.63, 3.8) is 0 Å². The first kappa shape index (κ1) is 13.7. The van der Waals surface area contributed by atoms with E-state index in [1.807, 2.05) is 19.1 Å². The Bertz CT molecular complexity index is 421. The zero-order valence-corrected chi connectivity index (χ0v) is 11.2. The van der Waals surface area contributed by atoms with E-state index in [2.05, 4.69) is 27.8 Å². The van der Waals surface area contributed by atoms with Gasteiger partial charge in [0, 0.05) is 17.8 Å². The van der Waals surface area contributed by atoms with Crippen molar-refractivity contribution in [1.82, 2.24) is 0 Å². The maximum Gasteiger partial charge on any atom is 0.285 e. The Morgan fingerprint density at radius 3 is 2.94 bits per heavy atom. The lowest BCUT2D eigenvalue weighted by Crippen LogP contribution is -2.14. The number of benzene rings is 1. The molecule has 92 valence electrons. The van der Waals surface area contributed by atoms with Gasteiger partial charge in [0.25, 0.3) is 5.69 Å². The Hall–Kier alpha value is -1.36. The number of nitro benzene ring substituents is 1. The van der Waals surface area contributed by atoms with E-state index in [0.717, 1.165) is 18.5 Å². The lowest BCUT2D eigenvalue weighted by molar-refractivity contribution is -0.385. The minimum absolute atomic E-state index is 0.0749. The molecular weight excluding hydrogens is 284 g/mol. The third-order valence-corrected chi connectivity index (χ3v) is 3.03. The second-order valence-corrected chi connectivity index (χ2v) is 4.69. The molecule has 17 heavy (non-hydrogen) atoms. The zero-order chi connectivity index (χ0) is 12.8. The summed E-state index contributed by atoms with van der Waals surface area (Å²) in [6, 6.07) is 5.30. The molecule has 1 aromatic rings. The molecule has 0 aliphatic heterocycles. The smallest absolute Gasteiger partial charge is 0.285 e. The molecule has 4 nitrogen and oxygen atoms in total. The van der Waals surface area contributed by atoms with Gasteiger partial charge in [0.15, 0.2) is 0 Å². The van der Waals surface area contributed by atoms with E-state index in [0.29, 0.717) is 4.47 Å². The van der Waals surface area contributed by atoms with E-state index in [1.165, 1.54) is 6.07 Å². The van der Waals surface area contributed by atoms with Crippen molar-refractivity contribution in [2.24, 2.45) is 0 Å². The number of nitro groups is 1. The van der Waals surface area contributed by atoms with E-state index in [4.69, 9.17) is 0 Å². The number of hydrogen-bond acceptors (Lipinski definition) is 3. The van der Waals surface area contributed by atoms with E-state index >= 15 is 0 Å². The predicted molar refractivity (Wildman–Crippen MR) is 73.3 cm³/mol. The highest BCUT2D eigenvalue weighted by molar-refractivity contribution is 9.10. The number of rotatable bonds is 6. The maximum absolute atomic E-state index is 10.8. The number of allylic oxidation sites excluding steroid dienone is 1. The second-order valence-electron chi connectivity index (χ2n) is 3.83. The minimum Gasteiger partial charge on any atom is -0.382 e. The fraction of sp³-hybridized carbons (Fsp3) is 0.333. The molecule has 0 spiro atoms. The third kappa shape index (κ3) is 4.19. The van der Waals surface area contributed by atoms with Gasteiger partial charge in [-0.3, -0.25) is 10.1 Å². The van der Waals surface area contributed by atoms with Gasteiger partial charge < -0.3 is 5.32 Å². The summed E-state index contributed by atoms with van der Waals surface area (Å²) in [5, 5.41) is 14.0. The van der Waals surface area contributed by atoms with Crippen LogP contribution in [-0.2, 0) is 0 Å². The predicted octanol–water partition coefficient (Wildman–Crippen LogP) is 4.12. The highest BCUT2D eigenvalue weighted by Gasteiger charge is 2.12. The molecule has 1 N–H and O–H groups in total. The molecule has 0 fully saturated rings. The fourth-order valence-electron chi connectivity index (χ4n) is 1.47. The number of anilines is 1.